The molecule has 0 radical (unpaired) electrons. The predicted molar refractivity (Wildman–Crippen MR) is 49.1 cm³/mol. The van der Waals surface area contributed by atoms with Crippen LogP contribution >= 0.6 is 0 Å². The minimum absolute atomic E-state index is 0.0861. The fourth-order valence-corrected chi connectivity index (χ4v) is 1.24. The Labute approximate surface area is 93.8 Å². The smallest absolute Gasteiger partial charge is 0.387 e. The molecule has 0 saturated heterocycles. The zero-order chi connectivity index (χ0) is 13.0. The Morgan fingerprint density at radius 2 is 2.18 bits per heavy atom. The van der Waals surface area contributed by atoms with E-state index in [9.17, 15) is 18.0 Å². The third-order valence-corrected chi connectivity index (χ3v) is 1.86. The van der Waals surface area contributed by atoms with Gasteiger partial charge in [-0.1, -0.05) is 6.07 Å². The fraction of sp³-hybridized carbons (Fsp3) is 0.200. The van der Waals surface area contributed by atoms with E-state index in [-0.39, 0.29) is 5.56 Å². The van der Waals surface area contributed by atoms with Crippen LogP contribution in [0.4, 0.5) is 13.2 Å². The number of nitriles is 1. The average Bonchev–Trinajstić information content (AvgIpc) is 2.22. The lowest BCUT2D eigenvalue weighted by Crippen LogP contribution is -2.09. The Morgan fingerprint density at radius 1 is 1.53 bits per heavy atom. The lowest BCUT2D eigenvalue weighted by molar-refractivity contribution is -0.136. The number of hydrogen-bond donors (Lipinski definition) is 1. The number of rotatable bonds is 4. The summed E-state index contributed by atoms with van der Waals surface area (Å²) in [5, 5.41) is 17.3. The molecule has 0 saturated carbocycles. The van der Waals surface area contributed by atoms with Gasteiger partial charge in [0.25, 0.3) is 0 Å². The van der Waals surface area contributed by atoms with Gasteiger partial charge in [-0.25, -0.2) is 4.39 Å². The first-order valence-corrected chi connectivity index (χ1v) is 4.33. The van der Waals surface area contributed by atoms with Crippen molar-refractivity contribution in [2.24, 2.45) is 0 Å². The van der Waals surface area contributed by atoms with E-state index in [1.165, 1.54) is 6.07 Å². The molecule has 0 fully saturated rings. The molecule has 1 aromatic rings. The van der Waals surface area contributed by atoms with Crippen LogP contribution in [-0.2, 0) is 11.2 Å². The van der Waals surface area contributed by atoms with Gasteiger partial charge < -0.3 is 9.84 Å². The van der Waals surface area contributed by atoms with Gasteiger partial charge in [-0.05, 0) is 11.6 Å². The second kappa shape index (κ2) is 5.21. The molecule has 0 bridgehead atoms. The minimum Gasteiger partial charge on any atom is -0.481 e. The number of carbonyl (C=O) groups is 1. The topological polar surface area (TPSA) is 70.3 Å². The molecule has 1 rings (SSSR count). The van der Waals surface area contributed by atoms with Crippen LogP contribution in [-0.4, -0.2) is 17.7 Å². The normalized spacial score (nSPS) is 10.1. The van der Waals surface area contributed by atoms with Gasteiger partial charge >= 0.3 is 12.6 Å². The minimum atomic E-state index is -3.29. The van der Waals surface area contributed by atoms with Crippen molar-refractivity contribution in [3.05, 3.63) is 29.1 Å². The number of carboxylic acid groups (broad SMARTS) is 1. The van der Waals surface area contributed by atoms with Crippen molar-refractivity contribution in [1.82, 2.24) is 0 Å². The standard InChI is InChI=1S/C10H6F3NO3/c11-7-2-1-5(3-8(15)16)6(4-14)9(7)17-10(12)13/h1-2,10H,3H2,(H,15,16). The number of nitrogens with zero attached hydrogens (tertiary/aromatic N) is 1. The van der Waals surface area contributed by atoms with Crippen molar-refractivity contribution in [2.45, 2.75) is 13.0 Å². The summed E-state index contributed by atoms with van der Waals surface area (Å²) in [5.41, 5.74) is -0.621. The van der Waals surface area contributed by atoms with Crippen LogP contribution in [0.25, 0.3) is 0 Å². The average molecular weight is 245 g/mol. The quantitative estimate of drug-likeness (QED) is 0.879. The van der Waals surface area contributed by atoms with Crippen LogP contribution in [0.3, 0.4) is 0 Å². The number of halogens is 3. The summed E-state index contributed by atoms with van der Waals surface area (Å²) in [6.07, 6.45) is -0.581. The van der Waals surface area contributed by atoms with E-state index >= 15 is 0 Å². The summed E-state index contributed by atoms with van der Waals surface area (Å²) < 4.78 is 41.0. The Balaban J connectivity index is 3.27. The third kappa shape index (κ3) is 3.11. The lowest BCUT2D eigenvalue weighted by Gasteiger charge is -2.10. The van der Waals surface area contributed by atoms with Crippen molar-refractivity contribution >= 4 is 5.97 Å². The number of hydrogen-bond acceptors (Lipinski definition) is 3. The Hall–Kier alpha value is -2.23. The highest BCUT2D eigenvalue weighted by atomic mass is 19.3. The van der Waals surface area contributed by atoms with Gasteiger partial charge in [-0.2, -0.15) is 14.0 Å². The predicted octanol–water partition coefficient (Wildman–Crippen LogP) is 1.93. The molecule has 0 heterocycles. The van der Waals surface area contributed by atoms with Gasteiger partial charge in [-0.15, -0.1) is 0 Å². The maximum absolute atomic E-state index is 13.2. The van der Waals surface area contributed by atoms with E-state index in [4.69, 9.17) is 10.4 Å². The molecular weight excluding hydrogens is 239 g/mol. The Morgan fingerprint density at radius 3 is 2.65 bits per heavy atom. The van der Waals surface area contributed by atoms with Gasteiger partial charge in [-0.3, -0.25) is 4.79 Å². The first-order chi connectivity index (χ1) is 7.95. The van der Waals surface area contributed by atoms with Crippen LogP contribution in [0.2, 0.25) is 0 Å². The summed E-state index contributed by atoms with van der Waals surface area (Å²) in [5.74, 6) is -3.34. The van der Waals surface area contributed by atoms with E-state index in [0.29, 0.717) is 0 Å². The summed E-state index contributed by atoms with van der Waals surface area (Å²) in [7, 11) is 0. The van der Waals surface area contributed by atoms with Gasteiger partial charge in [0.2, 0.25) is 0 Å². The number of aliphatic carboxylic acids is 1. The van der Waals surface area contributed by atoms with E-state index in [1.54, 1.807) is 0 Å². The number of ether oxygens (including phenoxy) is 1. The lowest BCUT2D eigenvalue weighted by atomic mass is 10.0. The SMILES string of the molecule is N#Cc1c(CC(=O)O)ccc(F)c1OC(F)F. The molecule has 0 aromatic heterocycles. The molecule has 0 atom stereocenters. The van der Waals surface area contributed by atoms with E-state index < -0.39 is 36.1 Å². The highest BCUT2D eigenvalue weighted by molar-refractivity contribution is 5.72. The molecule has 1 N–H and O–H groups in total. The largest absolute Gasteiger partial charge is 0.481 e. The summed E-state index contributed by atoms with van der Waals surface area (Å²) in [6.45, 7) is -3.29. The van der Waals surface area contributed by atoms with Gasteiger partial charge in [0.15, 0.2) is 11.6 Å². The maximum Gasteiger partial charge on any atom is 0.387 e. The molecule has 90 valence electrons. The molecule has 0 spiro atoms. The molecule has 7 heteroatoms. The summed E-state index contributed by atoms with van der Waals surface area (Å²) in [6, 6.07) is 3.27. The summed E-state index contributed by atoms with van der Waals surface area (Å²) in [4.78, 5) is 10.5. The van der Waals surface area contributed by atoms with E-state index in [2.05, 4.69) is 4.74 Å². The molecular formula is C10H6F3NO3. The summed E-state index contributed by atoms with van der Waals surface area (Å²) >= 11 is 0. The van der Waals surface area contributed by atoms with Crippen molar-refractivity contribution in [2.75, 3.05) is 0 Å². The van der Waals surface area contributed by atoms with Gasteiger partial charge in [0.1, 0.15) is 11.6 Å². The molecule has 4 nitrogen and oxygen atoms in total. The second-order valence-electron chi connectivity index (χ2n) is 2.97. The third-order valence-electron chi connectivity index (χ3n) is 1.86. The monoisotopic (exact) mass is 245 g/mol. The number of alkyl halides is 2. The molecule has 0 aliphatic carbocycles. The molecule has 0 aliphatic heterocycles. The van der Waals surface area contributed by atoms with Crippen LogP contribution in [0.15, 0.2) is 12.1 Å². The first kappa shape index (κ1) is 12.8. The van der Waals surface area contributed by atoms with E-state index in [1.807, 2.05) is 0 Å². The Kier molecular flexibility index (Phi) is 3.93. The second-order valence-corrected chi connectivity index (χ2v) is 2.97. The van der Waals surface area contributed by atoms with Crippen LogP contribution in [0, 0.1) is 17.1 Å². The highest BCUT2D eigenvalue weighted by Crippen LogP contribution is 2.27. The molecule has 0 unspecified atom stereocenters. The fourth-order valence-electron chi connectivity index (χ4n) is 1.24. The van der Waals surface area contributed by atoms with Gasteiger partial charge in [0.05, 0.1) is 6.42 Å². The van der Waals surface area contributed by atoms with Crippen molar-refractivity contribution in [1.29, 1.82) is 5.26 Å². The van der Waals surface area contributed by atoms with Crippen LogP contribution < -0.4 is 4.74 Å². The van der Waals surface area contributed by atoms with Crippen molar-refractivity contribution in [3.63, 3.8) is 0 Å². The highest BCUT2D eigenvalue weighted by Gasteiger charge is 2.19. The van der Waals surface area contributed by atoms with Crippen LogP contribution in [0.1, 0.15) is 11.1 Å². The zero-order valence-corrected chi connectivity index (χ0v) is 8.28. The maximum atomic E-state index is 13.2. The zero-order valence-electron chi connectivity index (χ0n) is 8.28. The molecule has 0 amide bonds. The van der Waals surface area contributed by atoms with Crippen LogP contribution in [0.5, 0.6) is 5.75 Å². The molecule has 0 aliphatic rings. The molecule has 1 aromatic carbocycles. The van der Waals surface area contributed by atoms with E-state index in [0.717, 1.165) is 12.1 Å². The Bertz CT molecular complexity index is 482. The number of benzene rings is 1. The first-order valence-electron chi connectivity index (χ1n) is 4.33. The van der Waals surface area contributed by atoms with Gasteiger partial charge in [0, 0.05) is 0 Å². The molecule has 17 heavy (non-hydrogen) atoms. The van der Waals surface area contributed by atoms with Crippen molar-refractivity contribution in [3.8, 4) is 11.8 Å². The van der Waals surface area contributed by atoms with Crippen molar-refractivity contribution < 1.29 is 27.8 Å². The number of carboxylic acids is 1.